The lowest BCUT2D eigenvalue weighted by Crippen LogP contribution is -2.27. The summed E-state index contributed by atoms with van der Waals surface area (Å²) in [7, 11) is 0. The van der Waals surface area contributed by atoms with Crippen LogP contribution in [0.2, 0.25) is 0 Å². The quantitative estimate of drug-likeness (QED) is 0.828. The highest BCUT2D eigenvalue weighted by atomic mass is 16.1. The molecule has 1 aromatic carbocycles. The molecule has 0 bridgehead atoms. The molecule has 0 aliphatic heterocycles. The summed E-state index contributed by atoms with van der Waals surface area (Å²) in [6.07, 6.45) is 8.43. The van der Waals surface area contributed by atoms with Gasteiger partial charge in [-0.3, -0.25) is 4.79 Å². The van der Waals surface area contributed by atoms with Crippen LogP contribution in [0.4, 0.5) is 5.69 Å². The number of rotatable bonds is 6. The molecule has 3 heteroatoms. The molecule has 2 rings (SSSR count). The highest BCUT2D eigenvalue weighted by Crippen LogP contribution is 2.32. The lowest BCUT2D eigenvalue weighted by molar-refractivity contribution is -0.121. The van der Waals surface area contributed by atoms with E-state index in [1.807, 2.05) is 24.3 Å². The summed E-state index contributed by atoms with van der Waals surface area (Å²) in [5, 5.41) is 3.05. The van der Waals surface area contributed by atoms with E-state index in [9.17, 15) is 4.79 Å². The first kappa shape index (κ1) is 16.0. The number of carbonyl (C=O) groups excluding carboxylic acids is 1. The fourth-order valence-electron chi connectivity index (χ4n) is 3.23. The predicted molar refractivity (Wildman–Crippen MR) is 87.9 cm³/mol. The van der Waals surface area contributed by atoms with Gasteiger partial charge in [-0.05, 0) is 49.3 Å². The van der Waals surface area contributed by atoms with E-state index < -0.39 is 0 Å². The minimum atomic E-state index is 0.179. The summed E-state index contributed by atoms with van der Waals surface area (Å²) >= 11 is 0. The largest absolute Gasteiger partial charge is 0.326 e. The molecule has 21 heavy (non-hydrogen) atoms. The number of amides is 1. The van der Waals surface area contributed by atoms with Gasteiger partial charge in [-0.15, -0.1) is 0 Å². The van der Waals surface area contributed by atoms with Crippen molar-refractivity contribution in [1.82, 2.24) is 0 Å². The Morgan fingerprint density at radius 1 is 1.29 bits per heavy atom. The molecule has 1 aliphatic rings. The van der Waals surface area contributed by atoms with Crippen molar-refractivity contribution in [3.8, 4) is 0 Å². The monoisotopic (exact) mass is 288 g/mol. The average Bonchev–Trinajstić information content (AvgIpc) is 2.53. The molecular formula is C18H28N2O. The van der Waals surface area contributed by atoms with E-state index in [4.69, 9.17) is 5.73 Å². The summed E-state index contributed by atoms with van der Waals surface area (Å²) in [6.45, 7) is 2.75. The van der Waals surface area contributed by atoms with Crippen LogP contribution in [0.15, 0.2) is 24.3 Å². The number of hydrogen-bond acceptors (Lipinski definition) is 2. The van der Waals surface area contributed by atoms with E-state index in [0.717, 1.165) is 30.0 Å². The van der Waals surface area contributed by atoms with Gasteiger partial charge in [-0.1, -0.05) is 38.3 Å². The number of carbonyl (C=O) groups is 1. The van der Waals surface area contributed by atoms with Crippen molar-refractivity contribution >= 4 is 11.6 Å². The summed E-state index contributed by atoms with van der Waals surface area (Å²) in [5.41, 5.74) is 7.56. The van der Waals surface area contributed by atoms with Crippen LogP contribution in [0.1, 0.15) is 57.4 Å². The van der Waals surface area contributed by atoms with Crippen LogP contribution in [0.25, 0.3) is 0 Å². The summed E-state index contributed by atoms with van der Waals surface area (Å²) < 4.78 is 0. The Labute approximate surface area is 128 Å². The van der Waals surface area contributed by atoms with E-state index in [-0.39, 0.29) is 11.8 Å². The molecule has 3 nitrogen and oxygen atoms in total. The van der Waals surface area contributed by atoms with E-state index in [1.54, 1.807) is 0 Å². The zero-order valence-electron chi connectivity index (χ0n) is 13.1. The zero-order valence-corrected chi connectivity index (χ0v) is 13.1. The normalized spacial score (nSPS) is 22.0. The van der Waals surface area contributed by atoms with Gasteiger partial charge in [-0.2, -0.15) is 0 Å². The topological polar surface area (TPSA) is 55.1 Å². The van der Waals surface area contributed by atoms with Crippen molar-refractivity contribution in [3.63, 3.8) is 0 Å². The molecule has 3 N–H and O–H groups in total. The molecule has 0 saturated heterocycles. The maximum absolute atomic E-state index is 12.3. The summed E-state index contributed by atoms with van der Waals surface area (Å²) in [6, 6.07) is 7.82. The van der Waals surface area contributed by atoms with E-state index in [1.165, 1.54) is 32.1 Å². The number of nitrogens with one attached hydrogen (secondary N) is 1. The third-order valence-electron chi connectivity index (χ3n) is 4.61. The molecule has 1 saturated carbocycles. The van der Waals surface area contributed by atoms with Crippen LogP contribution < -0.4 is 11.1 Å². The van der Waals surface area contributed by atoms with Gasteiger partial charge < -0.3 is 11.1 Å². The maximum Gasteiger partial charge on any atom is 0.227 e. The smallest absolute Gasteiger partial charge is 0.227 e. The van der Waals surface area contributed by atoms with Crippen LogP contribution in [0.5, 0.6) is 0 Å². The Balaban J connectivity index is 1.81. The van der Waals surface area contributed by atoms with E-state index in [2.05, 4.69) is 12.2 Å². The third-order valence-corrected chi connectivity index (χ3v) is 4.61. The lowest BCUT2D eigenvalue weighted by Gasteiger charge is -2.27. The molecule has 1 aromatic rings. The fraction of sp³-hybridized carbons (Fsp3) is 0.611. The number of benzene rings is 1. The molecule has 1 aliphatic carbocycles. The van der Waals surface area contributed by atoms with Gasteiger partial charge in [0.2, 0.25) is 5.91 Å². The molecule has 0 unspecified atom stereocenters. The number of anilines is 1. The molecule has 0 atom stereocenters. The molecule has 0 aromatic heterocycles. The lowest BCUT2D eigenvalue weighted by atomic mass is 9.79. The Hall–Kier alpha value is -1.35. The molecular weight excluding hydrogens is 260 g/mol. The average molecular weight is 288 g/mol. The minimum absolute atomic E-state index is 0.179. The first-order valence-electron chi connectivity index (χ1n) is 8.32. The molecule has 0 spiro atoms. The van der Waals surface area contributed by atoms with Crippen molar-refractivity contribution in [1.29, 1.82) is 0 Å². The molecule has 1 amide bonds. The second-order valence-electron chi connectivity index (χ2n) is 6.25. The Morgan fingerprint density at radius 3 is 2.71 bits per heavy atom. The summed E-state index contributed by atoms with van der Waals surface area (Å²) in [4.78, 5) is 12.3. The van der Waals surface area contributed by atoms with Crippen LogP contribution in [-0.2, 0) is 11.3 Å². The van der Waals surface area contributed by atoms with Crippen molar-refractivity contribution in [3.05, 3.63) is 29.8 Å². The standard InChI is InChI=1S/C18H28N2O/c1-2-3-5-14-8-10-16(11-9-14)18(21)20-17-7-4-6-15(12-17)13-19/h4,6-7,12,14,16H,2-3,5,8-11,13,19H2,1H3,(H,20,21). The van der Waals surface area contributed by atoms with Gasteiger partial charge in [0.15, 0.2) is 0 Å². The van der Waals surface area contributed by atoms with E-state index in [0.29, 0.717) is 6.54 Å². The first-order valence-corrected chi connectivity index (χ1v) is 8.32. The molecule has 1 fully saturated rings. The highest BCUT2D eigenvalue weighted by molar-refractivity contribution is 5.92. The van der Waals surface area contributed by atoms with Crippen molar-refractivity contribution in [2.75, 3.05) is 5.32 Å². The van der Waals surface area contributed by atoms with Gasteiger partial charge >= 0.3 is 0 Å². The predicted octanol–water partition coefficient (Wildman–Crippen LogP) is 4.08. The Kier molecular flexibility index (Phi) is 6.24. The van der Waals surface area contributed by atoms with Crippen molar-refractivity contribution in [2.45, 2.75) is 58.4 Å². The molecule has 0 radical (unpaired) electrons. The zero-order chi connectivity index (χ0) is 15.1. The first-order chi connectivity index (χ1) is 10.2. The van der Waals surface area contributed by atoms with Crippen molar-refractivity contribution in [2.24, 2.45) is 17.6 Å². The number of hydrogen-bond donors (Lipinski definition) is 2. The van der Waals surface area contributed by atoms with Gasteiger partial charge in [0.25, 0.3) is 0 Å². The van der Waals surface area contributed by atoms with Gasteiger partial charge in [0.05, 0.1) is 0 Å². The molecule has 0 heterocycles. The SMILES string of the molecule is CCCCC1CCC(C(=O)Nc2cccc(CN)c2)CC1. The summed E-state index contributed by atoms with van der Waals surface area (Å²) in [5.74, 6) is 1.21. The Bertz CT molecular complexity index is 450. The third kappa shape index (κ3) is 4.85. The van der Waals surface area contributed by atoms with Crippen LogP contribution in [-0.4, -0.2) is 5.91 Å². The van der Waals surface area contributed by atoms with Gasteiger partial charge in [0.1, 0.15) is 0 Å². The number of unbranched alkanes of at least 4 members (excludes halogenated alkanes) is 1. The van der Waals surface area contributed by atoms with Gasteiger partial charge in [-0.25, -0.2) is 0 Å². The second-order valence-corrected chi connectivity index (χ2v) is 6.25. The van der Waals surface area contributed by atoms with E-state index >= 15 is 0 Å². The minimum Gasteiger partial charge on any atom is -0.326 e. The Morgan fingerprint density at radius 2 is 2.05 bits per heavy atom. The van der Waals surface area contributed by atoms with Crippen LogP contribution in [0.3, 0.4) is 0 Å². The van der Waals surface area contributed by atoms with Crippen LogP contribution >= 0.6 is 0 Å². The maximum atomic E-state index is 12.3. The van der Waals surface area contributed by atoms with Crippen LogP contribution in [0, 0.1) is 11.8 Å². The molecule has 116 valence electrons. The van der Waals surface area contributed by atoms with Crippen molar-refractivity contribution < 1.29 is 4.79 Å². The number of nitrogens with two attached hydrogens (primary N) is 1. The van der Waals surface area contributed by atoms with Gasteiger partial charge in [0, 0.05) is 18.2 Å². The fourth-order valence-corrected chi connectivity index (χ4v) is 3.23. The second kappa shape index (κ2) is 8.18. The highest BCUT2D eigenvalue weighted by Gasteiger charge is 2.25.